The van der Waals surface area contributed by atoms with Crippen molar-refractivity contribution in [3.05, 3.63) is 111 Å². The zero-order chi connectivity index (χ0) is 20.7. The number of carbonyl (C=O) groups excluding carboxylic acids is 1. The van der Waals surface area contributed by atoms with Gasteiger partial charge in [0.2, 0.25) is 5.76 Å². The molecular formula is C24H17ClN2O3. The molecule has 0 N–H and O–H groups in total. The van der Waals surface area contributed by atoms with E-state index in [-0.39, 0.29) is 17.1 Å². The van der Waals surface area contributed by atoms with Gasteiger partial charge in [0.15, 0.2) is 5.43 Å². The minimum absolute atomic E-state index is 0.0942. The van der Waals surface area contributed by atoms with Crippen molar-refractivity contribution in [2.75, 3.05) is 6.54 Å². The Morgan fingerprint density at radius 1 is 1.03 bits per heavy atom. The predicted octanol–water partition coefficient (Wildman–Crippen LogP) is 4.63. The van der Waals surface area contributed by atoms with Gasteiger partial charge in [-0.15, -0.1) is 0 Å². The quantitative estimate of drug-likeness (QED) is 0.486. The first-order chi connectivity index (χ1) is 14.6. The maximum atomic E-state index is 13.4. The summed E-state index contributed by atoms with van der Waals surface area (Å²) in [6.07, 6.45) is 4.01. The number of amides is 1. The third-order valence-corrected chi connectivity index (χ3v) is 5.65. The largest absolute Gasteiger partial charge is 0.450 e. The smallest absolute Gasteiger partial charge is 0.290 e. The van der Waals surface area contributed by atoms with Gasteiger partial charge >= 0.3 is 0 Å². The van der Waals surface area contributed by atoms with E-state index < -0.39 is 6.04 Å². The van der Waals surface area contributed by atoms with Crippen LogP contribution in [-0.4, -0.2) is 22.3 Å². The van der Waals surface area contributed by atoms with E-state index in [9.17, 15) is 9.59 Å². The third-order valence-electron chi connectivity index (χ3n) is 5.41. The molecular weight excluding hydrogens is 400 g/mol. The monoisotopic (exact) mass is 416 g/mol. The van der Waals surface area contributed by atoms with E-state index in [0.717, 1.165) is 11.1 Å². The van der Waals surface area contributed by atoms with Crippen LogP contribution in [-0.2, 0) is 6.42 Å². The van der Waals surface area contributed by atoms with Crippen LogP contribution >= 0.6 is 11.6 Å². The van der Waals surface area contributed by atoms with Gasteiger partial charge in [-0.25, -0.2) is 0 Å². The molecule has 148 valence electrons. The number of pyridine rings is 1. The summed E-state index contributed by atoms with van der Waals surface area (Å²) in [4.78, 5) is 32.6. The van der Waals surface area contributed by atoms with E-state index in [4.69, 9.17) is 16.0 Å². The first kappa shape index (κ1) is 18.6. The fourth-order valence-electron chi connectivity index (χ4n) is 4.00. The summed E-state index contributed by atoms with van der Waals surface area (Å²) in [5.41, 5.74) is 2.34. The van der Waals surface area contributed by atoms with E-state index in [1.807, 2.05) is 36.4 Å². The Balaban J connectivity index is 1.65. The number of aromatic nitrogens is 1. The molecule has 30 heavy (non-hydrogen) atoms. The Morgan fingerprint density at radius 3 is 2.63 bits per heavy atom. The lowest BCUT2D eigenvalue weighted by molar-refractivity contribution is 0.0730. The molecule has 0 unspecified atom stereocenters. The zero-order valence-corrected chi connectivity index (χ0v) is 16.7. The molecule has 3 heterocycles. The second-order valence-electron chi connectivity index (χ2n) is 7.24. The van der Waals surface area contributed by atoms with Gasteiger partial charge in [-0.05, 0) is 41.8 Å². The Labute approximate surface area is 177 Å². The van der Waals surface area contributed by atoms with Gasteiger partial charge in [-0.3, -0.25) is 14.6 Å². The second kappa shape index (κ2) is 7.43. The predicted molar refractivity (Wildman–Crippen MR) is 115 cm³/mol. The van der Waals surface area contributed by atoms with Crippen LogP contribution in [0, 0.1) is 0 Å². The van der Waals surface area contributed by atoms with E-state index in [1.54, 1.807) is 41.6 Å². The summed E-state index contributed by atoms with van der Waals surface area (Å²) in [6.45, 7) is 0.448. The highest BCUT2D eigenvalue weighted by Crippen LogP contribution is 2.38. The Hall–Kier alpha value is -3.44. The Kier molecular flexibility index (Phi) is 4.60. The van der Waals surface area contributed by atoms with Gasteiger partial charge in [-0.1, -0.05) is 48.0 Å². The minimum atomic E-state index is -0.551. The molecule has 0 radical (unpaired) electrons. The molecule has 0 spiro atoms. The van der Waals surface area contributed by atoms with Gasteiger partial charge in [-0.2, -0.15) is 0 Å². The van der Waals surface area contributed by atoms with E-state index in [1.165, 1.54) is 0 Å². The molecule has 1 amide bonds. The van der Waals surface area contributed by atoms with Crippen molar-refractivity contribution in [1.82, 2.24) is 9.88 Å². The standard InChI is InChI=1S/C24H17ClN2O3/c25-17-8-9-19-18(13-17)22(28)20-21(16-7-4-11-26-14-16)27(24(29)23(20)30-19)12-10-15-5-2-1-3-6-15/h1-9,11,13-14,21H,10,12H2/t21-/m0/s1. The van der Waals surface area contributed by atoms with Gasteiger partial charge in [0.25, 0.3) is 5.91 Å². The molecule has 6 heteroatoms. The topological polar surface area (TPSA) is 63.4 Å². The zero-order valence-electron chi connectivity index (χ0n) is 15.9. The van der Waals surface area contributed by atoms with Gasteiger partial charge in [0, 0.05) is 24.0 Å². The number of halogens is 1. The van der Waals surface area contributed by atoms with Crippen LogP contribution in [0.3, 0.4) is 0 Å². The molecule has 1 aliphatic rings. The van der Waals surface area contributed by atoms with Gasteiger partial charge in [0.1, 0.15) is 5.58 Å². The Bertz CT molecular complexity index is 1300. The number of carbonyl (C=O) groups is 1. The fraction of sp³-hybridized carbons (Fsp3) is 0.125. The molecule has 1 aliphatic heterocycles. The third kappa shape index (κ3) is 3.08. The lowest BCUT2D eigenvalue weighted by Gasteiger charge is -2.24. The first-order valence-electron chi connectivity index (χ1n) is 9.64. The van der Waals surface area contributed by atoms with Crippen molar-refractivity contribution in [1.29, 1.82) is 0 Å². The SMILES string of the molecule is O=C1c2oc3ccc(Cl)cc3c(=O)c2[C@H](c2cccnc2)N1CCc1ccccc1. The summed E-state index contributed by atoms with van der Waals surface area (Å²) in [6, 6.07) is 17.9. The van der Waals surface area contributed by atoms with E-state index in [0.29, 0.717) is 34.5 Å². The summed E-state index contributed by atoms with van der Waals surface area (Å²) in [5.74, 6) is -0.194. The maximum absolute atomic E-state index is 13.4. The van der Waals surface area contributed by atoms with Crippen molar-refractivity contribution >= 4 is 28.5 Å². The van der Waals surface area contributed by atoms with Crippen molar-refractivity contribution in [2.45, 2.75) is 12.5 Å². The van der Waals surface area contributed by atoms with Gasteiger partial charge in [0.05, 0.1) is 17.0 Å². The number of benzene rings is 2. The summed E-state index contributed by atoms with van der Waals surface area (Å²) >= 11 is 6.10. The van der Waals surface area contributed by atoms with E-state index >= 15 is 0 Å². The van der Waals surface area contributed by atoms with Crippen molar-refractivity contribution < 1.29 is 9.21 Å². The van der Waals surface area contributed by atoms with Gasteiger partial charge < -0.3 is 9.32 Å². The second-order valence-corrected chi connectivity index (χ2v) is 7.67. The number of hydrogen-bond acceptors (Lipinski definition) is 4. The molecule has 5 rings (SSSR count). The molecule has 0 fully saturated rings. The van der Waals surface area contributed by atoms with Crippen LogP contribution in [0.5, 0.6) is 0 Å². The normalized spacial score (nSPS) is 15.6. The Morgan fingerprint density at radius 2 is 1.87 bits per heavy atom. The van der Waals surface area contributed by atoms with Crippen LogP contribution in [0.25, 0.3) is 11.0 Å². The average molecular weight is 417 g/mol. The number of rotatable bonds is 4. The molecule has 2 aromatic heterocycles. The number of fused-ring (bicyclic) bond motifs is 2. The summed E-state index contributed by atoms with van der Waals surface area (Å²) in [7, 11) is 0. The minimum Gasteiger partial charge on any atom is -0.450 e. The summed E-state index contributed by atoms with van der Waals surface area (Å²) in [5, 5.41) is 0.811. The number of hydrogen-bond donors (Lipinski definition) is 0. The van der Waals surface area contributed by atoms with Crippen molar-refractivity contribution in [3.63, 3.8) is 0 Å². The highest BCUT2D eigenvalue weighted by Gasteiger charge is 2.42. The highest BCUT2D eigenvalue weighted by atomic mass is 35.5. The number of nitrogens with zero attached hydrogens (tertiary/aromatic N) is 2. The van der Waals surface area contributed by atoms with Crippen LogP contribution in [0.15, 0.2) is 82.3 Å². The van der Waals surface area contributed by atoms with E-state index in [2.05, 4.69) is 4.98 Å². The fourth-order valence-corrected chi connectivity index (χ4v) is 4.17. The molecule has 0 bridgehead atoms. The van der Waals surface area contributed by atoms with Crippen LogP contribution < -0.4 is 5.43 Å². The molecule has 1 atom stereocenters. The van der Waals surface area contributed by atoms with Crippen molar-refractivity contribution in [2.24, 2.45) is 0 Å². The average Bonchev–Trinajstić information content (AvgIpc) is 3.06. The van der Waals surface area contributed by atoms with Crippen molar-refractivity contribution in [3.8, 4) is 0 Å². The first-order valence-corrected chi connectivity index (χ1v) is 10.0. The molecule has 2 aromatic carbocycles. The summed E-state index contributed by atoms with van der Waals surface area (Å²) < 4.78 is 5.92. The molecule has 0 saturated carbocycles. The lowest BCUT2D eigenvalue weighted by atomic mass is 9.99. The van der Waals surface area contributed by atoms with Crippen LogP contribution in [0.2, 0.25) is 5.02 Å². The molecule has 4 aromatic rings. The van der Waals surface area contributed by atoms with Crippen LogP contribution in [0.1, 0.15) is 33.3 Å². The molecule has 0 saturated heterocycles. The molecule has 0 aliphatic carbocycles. The van der Waals surface area contributed by atoms with Crippen LogP contribution in [0.4, 0.5) is 0 Å². The lowest BCUT2D eigenvalue weighted by Crippen LogP contribution is -2.31. The maximum Gasteiger partial charge on any atom is 0.290 e. The molecule has 5 nitrogen and oxygen atoms in total. The highest BCUT2D eigenvalue weighted by molar-refractivity contribution is 6.31.